The van der Waals surface area contributed by atoms with Gasteiger partial charge in [0.2, 0.25) is 14.2 Å². The number of hydrogen-bond donors (Lipinski definition) is 1. The standard InChI is InChI=1S/C16H24N2O6S2/c1-26(19,20)16-18-14-12-13(2-3-15(14)25-16)24-11-10-23-9-8-22-7-6-21-5-4-17/h2-3,12H,4-11,17H2,1H3. The molecule has 0 bridgehead atoms. The van der Waals surface area contributed by atoms with E-state index in [1.807, 2.05) is 0 Å². The monoisotopic (exact) mass is 404 g/mol. The van der Waals surface area contributed by atoms with Gasteiger partial charge in [0.1, 0.15) is 12.4 Å². The lowest BCUT2D eigenvalue weighted by Gasteiger charge is -2.08. The highest BCUT2D eigenvalue weighted by atomic mass is 32.2. The minimum atomic E-state index is -3.30. The topological polar surface area (TPSA) is 110 Å². The maximum absolute atomic E-state index is 11.6. The number of nitrogens with two attached hydrogens (primary N) is 1. The Balaban J connectivity index is 1.62. The van der Waals surface area contributed by atoms with Crippen LogP contribution in [0.1, 0.15) is 0 Å². The maximum Gasteiger partial charge on any atom is 0.210 e. The van der Waals surface area contributed by atoms with Crippen molar-refractivity contribution in [2.45, 2.75) is 4.34 Å². The van der Waals surface area contributed by atoms with Crippen LogP contribution in [0.3, 0.4) is 0 Å². The van der Waals surface area contributed by atoms with Crippen LogP contribution < -0.4 is 10.5 Å². The Morgan fingerprint density at radius 2 is 1.62 bits per heavy atom. The van der Waals surface area contributed by atoms with Crippen molar-refractivity contribution in [2.75, 3.05) is 59.0 Å². The lowest BCUT2D eigenvalue weighted by molar-refractivity contribution is 0.0106. The highest BCUT2D eigenvalue weighted by Gasteiger charge is 2.14. The van der Waals surface area contributed by atoms with Crippen LogP contribution >= 0.6 is 11.3 Å². The van der Waals surface area contributed by atoms with Crippen LogP contribution in [-0.4, -0.2) is 72.5 Å². The third kappa shape index (κ3) is 7.14. The molecular formula is C16H24N2O6S2. The predicted molar refractivity (Wildman–Crippen MR) is 99.7 cm³/mol. The fourth-order valence-electron chi connectivity index (χ4n) is 1.98. The van der Waals surface area contributed by atoms with E-state index in [0.29, 0.717) is 64.1 Å². The summed E-state index contributed by atoms with van der Waals surface area (Å²) in [5, 5.41) is 0. The van der Waals surface area contributed by atoms with Crippen LogP contribution in [0, 0.1) is 0 Å². The second kappa shape index (κ2) is 10.8. The summed E-state index contributed by atoms with van der Waals surface area (Å²) in [5.41, 5.74) is 5.91. The molecule has 0 spiro atoms. The summed E-state index contributed by atoms with van der Waals surface area (Å²) in [6.45, 7) is 3.87. The lowest BCUT2D eigenvalue weighted by atomic mass is 10.3. The second-order valence-corrected chi connectivity index (χ2v) is 8.58. The van der Waals surface area contributed by atoms with Gasteiger partial charge in [-0.1, -0.05) is 0 Å². The van der Waals surface area contributed by atoms with Gasteiger partial charge in [-0.25, -0.2) is 13.4 Å². The van der Waals surface area contributed by atoms with Crippen molar-refractivity contribution in [3.05, 3.63) is 18.2 Å². The molecule has 0 saturated heterocycles. The highest BCUT2D eigenvalue weighted by Crippen LogP contribution is 2.28. The number of rotatable bonds is 13. The van der Waals surface area contributed by atoms with Gasteiger partial charge < -0.3 is 24.7 Å². The molecular weight excluding hydrogens is 380 g/mol. The van der Waals surface area contributed by atoms with Gasteiger partial charge in [0, 0.05) is 18.9 Å². The fraction of sp³-hybridized carbons (Fsp3) is 0.562. The van der Waals surface area contributed by atoms with Crippen molar-refractivity contribution in [3.63, 3.8) is 0 Å². The van der Waals surface area contributed by atoms with Gasteiger partial charge in [-0.2, -0.15) is 0 Å². The molecule has 0 unspecified atom stereocenters. The second-order valence-electron chi connectivity index (χ2n) is 5.36. The van der Waals surface area contributed by atoms with Crippen molar-refractivity contribution < 1.29 is 27.4 Å². The first-order valence-electron chi connectivity index (χ1n) is 8.17. The molecule has 0 fully saturated rings. The Morgan fingerprint density at radius 3 is 2.23 bits per heavy atom. The summed E-state index contributed by atoms with van der Waals surface area (Å²) in [7, 11) is -3.30. The van der Waals surface area contributed by atoms with E-state index in [2.05, 4.69) is 4.98 Å². The molecule has 8 nitrogen and oxygen atoms in total. The molecule has 0 aliphatic carbocycles. The fourth-order valence-corrected chi connectivity index (χ4v) is 3.79. The van der Waals surface area contributed by atoms with Gasteiger partial charge in [0.15, 0.2) is 0 Å². The van der Waals surface area contributed by atoms with Gasteiger partial charge in [-0.05, 0) is 12.1 Å². The normalized spacial score (nSPS) is 11.9. The zero-order valence-electron chi connectivity index (χ0n) is 14.7. The Hall–Kier alpha value is -1.30. The molecule has 0 aliphatic rings. The zero-order chi connectivity index (χ0) is 18.8. The van der Waals surface area contributed by atoms with Crippen molar-refractivity contribution in [3.8, 4) is 5.75 Å². The highest BCUT2D eigenvalue weighted by molar-refractivity contribution is 7.92. The minimum absolute atomic E-state index is 0.112. The predicted octanol–water partition coefficient (Wildman–Crippen LogP) is 1.09. The number of sulfone groups is 1. The van der Waals surface area contributed by atoms with Crippen LogP contribution in [0.15, 0.2) is 22.5 Å². The third-order valence-corrected chi connectivity index (χ3v) is 5.87. The number of thiazole rings is 1. The van der Waals surface area contributed by atoms with Crippen molar-refractivity contribution in [2.24, 2.45) is 5.73 Å². The first kappa shape index (κ1) is 21.0. The van der Waals surface area contributed by atoms with E-state index in [0.717, 1.165) is 22.3 Å². The molecule has 2 aromatic rings. The largest absolute Gasteiger partial charge is 0.491 e. The van der Waals surface area contributed by atoms with E-state index in [1.54, 1.807) is 18.2 Å². The smallest absolute Gasteiger partial charge is 0.210 e. The first-order valence-corrected chi connectivity index (χ1v) is 10.9. The zero-order valence-corrected chi connectivity index (χ0v) is 16.3. The van der Waals surface area contributed by atoms with Crippen LogP contribution in [0.2, 0.25) is 0 Å². The summed E-state index contributed by atoms with van der Waals surface area (Å²) < 4.78 is 45.5. The number of ether oxygens (including phenoxy) is 4. The molecule has 0 atom stereocenters. The van der Waals surface area contributed by atoms with Crippen LogP contribution in [0.4, 0.5) is 0 Å². The average Bonchev–Trinajstić information content (AvgIpc) is 3.03. The van der Waals surface area contributed by atoms with Crippen molar-refractivity contribution >= 4 is 31.4 Å². The molecule has 1 heterocycles. The summed E-state index contributed by atoms with van der Waals surface area (Å²) in [5.74, 6) is 0.625. The maximum atomic E-state index is 11.6. The Kier molecular flexibility index (Phi) is 8.69. The molecule has 2 N–H and O–H groups in total. The summed E-state index contributed by atoms with van der Waals surface area (Å²) in [4.78, 5) is 4.14. The molecule has 10 heteroatoms. The molecule has 0 amide bonds. The van der Waals surface area contributed by atoms with Crippen LogP contribution in [0.25, 0.3) is 10.2 Å². The van der Waals surface area contributed by atoms with Crippen LogP contribution in [0.5, 0.6) is 5.75 Å². The first-order chi connectivity index (χ1) is 12.5. The number of nitrogens with zero attached hydrogens (tertiary/aromatic N) is 1. The third-order valence-electron chi connectivity index (χ3n) is 3.16. The molecule has 1 aromatic heterocycles. The lowest BCUT2D eigenvalue weighted by Crippen LogP contribution is -2.14. The van der Waals surface area contributed by atoms with Crippen molar-refractivity contribution in [1.82, 2.24) is 4.98 Å². The van der Waals surface area contributed by atoms with Gasteiger partial charge in [0.25, 0.3) is 0 Å². The molecule has 0 saturated carbocycles. The van der Waals surface area contributed by atoms with Crippen LogP contribution in [-0.2, 0) is 24.0 Å². The Labute approximate surface area is 157 Å². The Morgan fingerprint density at radius 1 is 1.00 bits per heavy atom. The molecule has 26 heavy (non-hydrogen) atoms. The minimum Gasteiger partial charge on any atom is -0.491 e. The summed E-state index contributed by atoms with van der Waals surface area (Å²) in [6, 6.07) is 5.32. The molecule has 0 aliphatic heterocycles. The van der Waals surface area contributed by atoms with E-state index in [4.69, 9.17) is 24.7 Å². The van der Waals surface area contributed by atoms with Gasteiger partial charge >= 0.3 is 0 Å². The van der Waals surface area contributed by atoms with E-state index in [1.165, 1.54) is 0 Å². The van der Waals surface area contributed by atoms with E-state index in [-0.39, 0.29) is 4.34 Å². The molecule has 2 rings (SSSR count). The van der Waals surface area contributed by atoms with E-state index in [9.17, 15) is 8.42 Å². The number of fused-ring (bicyclic) bond motifs is 1. The SMILES string of the molecule is CS(=O)(=O)c1nc2cc(OCCOCCOCCOCCN)ccc2s1. The number of hydrogen-bond acceptors (Lipinski definition) is 9. The summed E-state index contributed by atoms with van der Waals surface area (Å²) >= 11 is 1.15. The molecule has 1 aromatic carbocycles. The van der Waals surface area contributed by atoms with E-state index < -0.39 is 9.84 Å². The van der Waals surface area contributed by atoms with E-state index >= 15 is 0 Å². The Bertz CT molecular complexity index is 778. The quantitative estimate of drug-likeness (QED) is 0.494. The number of benzene rings is 1. The average molecular weight is 405 g/mol. The van der Waals surface area contributed by atoms with Gasteiger partial charge in [-0.3, -0.25) is 0 Å². The molecule has 146 valence electrons. The van der Waals surface area contributed by atoms with Gasteiger partial charge in [-0.15, -0.1) is 11.3 Å². The van der Waals surface area contributed by atoms with Crippen molar-refractivity contribution in [1.29, 1.82) is 0 Å². The summed E-state index contributed by atoms with van der Waals surface area (Å²) in [6.07, 6.45) is 1.15. The molecule has 0 radical (unpaired) electrons. The van der Waals surface area contributed by atoms with Gasteiger partial charge in [0.05, 0.1) is 49.9 Å². The number of aromatic nitrogens is 1.